The third-order valence-electron chi connectivity index (χ3n) is 5.15. The lowest BCUT2D eigenvalue weighted by atomic mass is 10.2. The number of aryl methyl sites for hydroxylation is 1. The molecule has 1 saturated heterocycles. The summed E-state index contributed by atoms with van der Waals surface area (Å²) in [6.45, 7) is 8.00. The van der Waals surface area contributed by atoms with Crippen molar-refractivity contribution in [3.8, 4) is 0 Å². The first-order valence-electron chi connectivity index (χ1n) is 10.2. The van der Waals surface area contributed by atoms with E-state index >= 15 is 0 Å². The highest BCUT2D eigenvalue weighted by molar-refractivity contribution is 6.30. The van der Waals surface area contributed by atoms with Crippen molar-refractivity contribution in [2.24, 2.45) is 0 Å². The van der Waals surface area contributed by atoms with Crippen LogP contribution in [-0.2, 0) is 24.2 Å². The Bertz CT molecular complexity index is 1040. The second-order valence-corrected chi connectivity index (χ2v) is 8.13. The van der Waals surface area contributed by atoms with Gasteiger partial charge in [-0.2, -0.15) is 0 Å². The number of rotatable bonds is 6. The molecule has 0 spiro atoms. The maximum atomic E-state index is 13.3. The number of amides is 1. The Balaban J connectivity index is 1.59. The topological polar surface area (TPSA) is 84.9 Å². The summed E-state index contributed by atoms with van der Waals surface area (Å²) in [5, 5.41) is 7.93. The van der Waals surface area contributed by atoms with Crippen LogP contribution < -0.4 is 5.32 Å². The molecule has 4 rings (SSSR count). The summed E-state index contributed by atoms with van der Waals surface area (Å²) in [7, 11) is 0. The molecule has 0 bridgehead atoms. The molecule has 1 aliphatic heterocycles. The normalized spacial score (nSPS) is 19.5. The predicted molar refractivity (Wildman–Crippen MR) is 113 cm³/mol. The van der Waals surface area contributed by atoms with Crippen LogP contribution in [0.2, 0.25) is 5.02 Å². The number of ether oxygens (including phenoxy) is 1. The number of carbonyl (C=O) groups is 1. The van der Waals surface area contributed by atoms with E-state index in [2.05, 4.69) is 15.5 Å². The number of hydrogen-bond donors (Lipinski definition) is 1. The van der Waals surface area contributed by atoms with E-state index < -0.39 is 0 Å². The second-order valence-electron chi connectivity index (χ2n) is 7.69. The molecule has 160 valence electrons. The van der Waals surface area contributed by atoms with Crippen LogP contribution in [0, 0.1) is 0 Å². The number of aromatic nitrogens is 3. The van der Waals surface area contributed by atoms with Crippen LogP contribution in [0.25, 0.3) is 5.65 Å². The largest absolute Gasteiger partial charge is 0.372 e. The SMILES string of the molecule is CCc1cc(CNCc2c(C(=O)N3C[C@@H](C)O[C@@H](C)C3)nc3ccc(Cl)cn23)on1. The first-order chi connectivity index (χ1) is 14.4. The van der Waals surface area contributed by atoms with Gasteiger partial charge in [0.15, 0.2) is 11.5 Å². The van der Waals surface area contributed by atoms with Crippen LogP contribution in [0.4, 0.5) is 0 Å². The molecule has 1 aliphatic rings. The van der Waals surface area contributed by atoms with Gasteiger partial charge in [-0.3, -0.25) is 4.79 Å². The summed E-state index contributed by atoms with van der Waals surface area (Å²) < 4.78 is 13.0. The van der Waals surface area contributed by atoms with Crippen molar-refractivity contribution in [2.45, 2.75) is 52.5 Å². The number of fused-ring (bicyclic) bond motifs is 1. The minimum atomic E-state index is -0.0958. The number of carbonyl (C=O) groups excluding carboxylic acids is 1. The van der Waals surface area contributed by atoms with Gasteiger partial charge in [-0.05, 0) is 32.4 Å². The standard InChI is InChI=1S/C21H26ClN5O3/c1-4-16-7-17(30-25-16)8-23-9-18-20(24-19-6-5-15(22)12-27(18)19)21(28)26-10-13(2)29-14(3)11-26/h5-7,12-14,23H,4,8-11H2,1-3H3/t13-,14+. The molecule has 0 aromatic carbocycles. The van der Waals surface area contributed by atoms with Gasteiger partial charge >= 0.3 is 0 Å². The molecule has 1 fully saturated rings. The third kappa shape index (κ3) is 4.35. The number of morpholine rings is 1. The Morgan fingerprint density at radius 3 is 2.73 bits per heavy atom. The van der Waals surface area contributed by atoms with Crippen molar-refractivity contribution < 1.29 is 14.1 Å². The molecular weight excluding hydrogens is 406 g/mol. The molecule has 8 nitrogen and oxygen atoms in total. The molecule has 1 N–H and O–H groups in total. The first kappa shape index (κ1) is 20.8. The second kappa shape index (κ2) is 8.75. The number of hydrogen-bond acceptors (Lipinski definition) is 6. The van der Waals surface area contributed by atoms with Crippen molar-refractivity contribution in [3.05, 3.63) is 52.3 Å². The van der Waals surface area contributed by atoms with Crippen LogP contribution in [0.3, 0.4) is 0 Å². The van der Waals surface area contributed by atoms with Gasteiger partial charge in [0.2, 0.25) is 0 Å². The minimum Gasteiger partial charge on any atom is -0.372 e. The number of halogens is 1. The molecule has 0 radical (unpaired) electrons. The predicted octanol–water partition coefficient (Wildman–Crippen LogP) is 3.08. The van der Waals surface area contributed by atoms with Gasteiger partial charge in [-0.15, -0.1) is 0 Å². The van der Waals surface area contributed by atoms with Gasteiger partial charge in [0.1, 0.15) is 5.65 Å². The third-order valence-corrected chi connectivity index (χ3v) is 5.38. The van der Waals surface area contributed by atoms with E-state index in [0.29, 0.717) is 42.5 Å². The molecule has 0 saturated carbocycles. The Morgan fingerprint density at radius 1 is 1.27 bits per heavy atom. The van der Waals surface area contributed by atoms with E-state index in [1.807, 2.05) is 42.2 Å². The number of nitrogens with zero attached hydrogens (tertiary/aromatic N) is 4. The summed E-state index contributed by atoms with van der Waals surface area (Å²) in [5.74, 6) is 0.656. The fourth-order valence-corrected chi connectivity index (χ4v) is 3.97. The molecule has 3 aromatic rings. The number of pyridine rings is 1. The van der Waals surface area contributed by atoms with Crippen molar-refractivity contribution in [3.63, 3.8) is 0 Å². The van der Waals surface area contributed by atoms with Crippen LogP contribution in [0.15, 0.2) is 28.9 Å². The maximum absolute atomic E-state index is 13.3. The molecule has 30 heavy (non-hydrogen) atoms. The Hall–Kier alpha value is -2.42. The highest BCUT2D eigenvalue weighted by Gasteiger charge is 2.30. The average Bonchev–Trinajstić information content (AvgIpc) is 3.31. The molecule has 1 amide bonds. The lowest BCUT2D eigenvalue weighted by molar-refractivity contribution is -0.0587. The molecule has 2 atom stereocenters. The summed E-state index contributed by atoms with van der Waals surface area (Å²) in [4.78, 5) is 19.8. The molecule has 0 aliphatic carbocycles. The monoisotopic (exact) mass is 431 g/mol. The van der Waals surface area contributed by atoms with E-state index in [1.165, 1.54) is 0 Å². The molecule has 9 heteroatoms. The van der Waals surface area contributed by atoms with E-state index in [1.54, 1.807) is 12.3 Å². The smallest absolute Gasteiger partial charge is 0.274 e. The molecule has 0 unspecified atom stereocenters. The summed E-state index contributed by atoms with van der Waals surface area (Å²) in [6, 6.07) is 5.52. The summed E-state index contributed by atoms with van der Waals surface area (Å²) in [6.07, 6.45) is 2.59. The number of nitrogens with one attached hydrogen (secondary N) is 1. The van der Waals surface area contributed by atoms with E-state index in [9.17, 15) is 4.79 Å². The van der Waals surface area contributed by atoms with Gasteiger partial charge < -0.3 is 23.9 Å². The van der Waals surface area contributed by atoms with Crippen LogP contribution in [-0.4, -0.2) is 50.6 Å². The maximum Gasteiger partial charge on any atom is 0.274 e. The van der Waals surface area contributed by atoms with E-state index in [0.717, 1.165) is 23.6 Å². The molecular formula is C21H26ClN5O3. The average molecular weight is 432 g/mol. The molecule has 3 aromatic heterocycles. The van der Waals surface area contributed by atoms with Crippen LogP contribution in [0.1, 0.15) is 48.4 Å². The van der Waals surface area contributed by atoms with Gasteiger partial charge in [0.25, 0.3) is 5.91 Å². The molecule has 4 heterocycles. The zero-order valence-corrected chi connectivity index (χ0v) is 18.1. The quantitative estimate of drug-likeness (QED) is 0.645. The van der Waals surface area contributed by atoms with E-state index in [-0.39, 0.29) is 18.1 Å². The van der Waals surface area contributed by atoms with Gasteiger partial charge in [-0.1, -0.05) is 23.7 Å². The Morgan fingerprint density at radius 2 is 2.03 bits per heavy atom. The van der Waals surface area contributed by atoms with Gasteiger partial charge in [0, 0.05) is 31.9 Å². The fourth-order valence-electron chi connectivity index (χ4n) is 3.81. The highest BCUT2D eigenvalue weighted by atomic mass is 35.5. The number of imidazole rings is 1. The van der Waals surface area contributed by atoms with E-state index in [4.69, 9.17) is 20.9 Å². The zero-order chi connectivity index (χ0) is 21.3. The van der Waals surface area contributed by atoms with Crippen molar-refractivity contribution in [1.29, 1.82) is 0 Å². The van der Waals surface area contributed by atoms with Gasteiger partial charge in [-0.25, -0.2) is 4.98 Å². The Kier molecular flexibility index (Phi) is 6.08. The Labute approximate surface area is 180 Å². The summed E-state index contributed by atoms with van der Waals surface area (Å²) in [5.41, 5.74) is 2.79. The minimum absolute atomic E-state index is 0.00929. The fraction of sp³-hybridized carbons (Fsp3) is 0.476. The lowest BCUT2D eigenvalue weighted by Gasteiger charge is -2.35. The van der Waals surface area contributed by atoms with Crippen LogP contribution >= 0.6 is 11.6 Å². The lowest BCUT2D eigenvalue weighted by Crippen LogP contribution is -2.48. The van der Waals surface area contributed by atoms with Crippen LogP contribution in [0.5, 0.6) is 0 Å². The van der Waals surface area contributed by atoms with Gasteiger partial charge in [0.05, 0.1) is 35.2 Å². The van der Waals surface area contributed by atoms with Crippen molar-refractivity contribution in [2.75, 3.05) is 13.1 Å². The first-order valence-corrected chi connectivity index (χ1v) is 10.6. The zero-order valence-electron chi connectivity index (χ0n) is 17.4. The highest BCUT2D eigenvalue weighted by Crippen LogP contribution is 2.21. The summed E-state index contributed by atoms with van der Waals surface area (Å²) >= 11 is 6.21. The van der Waals surface area contributed by atoms with Crippen molar-refractivity contribution >= 4 is 23.2 Å². The van der Waals surface area contributed by atoms with Crippen molar-refractivity contribution in [1.82, 2.24) is 24.8 Å².